The molecule has 18 nitrogen and oxygen atoms in total. The van der Waals surface area contributed by atoms with Crippen LogP contribution in [0.2, 0.25) is 0 Å². The molecule has 5 aliphatic rings. The van der Waals surface area contributed by atoms with E-state index in [-0.39, 0.29) is 82.3 Å². The number of aromatic hydroxyl groups is 1. The lowest BCUT2D eigenvalue weighted by Crippen LogP contribution is -2.61. The molecule has 105 heavy (non-hydrogen) atoms. The quantitative estimate of drug-likeness (QED) is 0.0151. The molecule has 3 N–H and O–H groups in total. The van der Waals surface area contributed by atoms with Crippen molar-refractivity contribution in [2.45, 2.75) is 216 Å². The number of carbonyl (C=O) groups is 7. The summed E-state index contributed by atoms with van der Waals surface area (Å²) >= 11 is 5.91. The van der Waals surface area contributed by atoms with Crippen molar-refractivity contribution < 1.29 is 88.5 Å². The minimum Gasteiger partial charge on any atom is -0.748 e. The van der Waals surface area contributed by atoms with Gasteiger partial charge in [0.1, 0.15) is 30.2 Å². The maximum Gasteiger partial charge on any atom is 0.426 e. The first-order chi connectivity index (χ1) is 48.9. The number of phenols is 1. The molecule has 1 heterocycles. The first kappa shape index (κ1) is 88.2. The van der Waals surface area contributed by atoms with E-state index in [1.165, 1.54) is 57.3 Å². The molecule has 0 spiro atoms. The van der Waals surface area contributed by atoms with Crippen LogP contribution < -0.4 is 10.6 Å². The van der Waals surface area contributed by atoms with Crippen LogP contribution in [0.25, 0.3) is 25.1 Å². The Hall–Kier alpha value is -5.70. The highest BCUT2D eigenvalue weighted by atomic mass is 127. The summed E-state index contributed by atoms with van der Waals surface area (Å²) in [5.74, 6) is -4.21. The number of benzene rings is 5. The van der Waals surface area contributed by atoms with Crippen LogP contribution in [0.5, 0.6) is 5.75 Å². The van der Waals surface area contributed by atoms with Gasteiger partial charge in [-0.15, -0.1) is 0 Å². The van der Waals surface area contributed by atoms with Gasteiger partial charge in [0.05, 0.1) is 65.2 Å². The highest BCUT2D eigenvalue weighted by Gasteiger charge is 2.64. The standard InChI is InChI=1S/C20H29F3O7S.C19H23I3N2O6.C18H13S.C12H22O2.C10H14O/c1-4-17(2,3)15(24)30-19-8-12-5-13(9-19)7-18(6-12,11-19)16(25)29-14(20(21,22)23)10-31(26,27)28;1-6-19(4,5)18(28)30-8-7-29-17(27)11-12(20)15(23-9(2)25)14(22)16(13(11)21)24-10(3)26;1-2-8-14(9-3-1)19-17-12-6-4-10-15(17)16-11-5-7-13-18(16)19;1-5-11(2,3)10(13)14-12(4)8-6-7-9-12;1-3-8(2)9-5-4-6-10(11)7-9/h12-14H,4-11H2,1-3H3,(H,26,27,28);6-8H2,1-5H3,(H,23,25)(H,24,26);1-13H;5-9H2,1-4H3;4-8,11H,3H2,1-2H3/q;;+1;;/p-1. The van der Waals surface area contributed by atoms with E-state index in [1.807, 2.05) is 121 Å². The summed E-state index contributed by atoms with van der Waals surface area (Å²) in [6.45, 7) is 25.6. The van der Waals surface area contributed by atoms with Gasteiger partial charge in [-0.25, -0.2) is 13.2 Å². The first-order valence-corrected chi connectivity index (χ1v) is 41.5. The maximum atomic E-state index is 13.3. The largest absolute Gasteiger partial charge is 0.748 e. The summed E-state index contributed by atoms with van der Waals surface area (Å²) in [7, 11) is -5.21. The highest BCUT2D eigenvalue weighted by Crippen LogP contribution is 2.64. The van der Waals surface area contributed by atoms with Gasteiger partial charge in [-0.3, -0.25) is 28.8 Å². The number of hydrogen-bond acceptors (Lipinski definition) is 16. The summed E-state index contributed by atoms with van der Waals surface area (Å²) in [4.78, 5) is 87.0. The fraction of sp³-hybridized carbons (Fsp3) is 0.532. The Labute approximate surface area is 659 Å². The van der Waals surface area contributed by atoms with Crippen molar-refractivity contribution in [2.75, 3.05) is 29.6 Å². The van der Waals surface area contributed by atoms with Crippen molar-refractivity contribution in [3.8, 4) is 10.6 Å². The molecule has 6 aromatic rings. The summed E-state index contributed by atoms with van der Waals surface area (Å²) < 4.78 is 104. The topological polar surface area (TPSA) is 267 Å². The third-order valence-electron chi connectivity index (χ3n) is 20.2. The van der Waals surface area contributed by atoms with E-state index in [2.05, 4.69) is 115 Å². The molecule has 11 rings (SSSR count). The van der Waals surface area contributed by atoms with Crippen LogP contribution in [0.1, 0.15) is 209 Å². The minimum atomic E-state index is -5.27. The molecule has 576 valence electrons. The van der Waals surface area contributed by atoms with E-state index in [0.29, 0.717) is 72.3 Å². The van der Waals surface area contributed by atoms with Crippen molar-refractivity contribution in [1.29, 1.82) is 0 Å². The van der Waals surface area contributed by atoms with Gasteiger partial charge in [-0.05, 0) is 272 Å². The number of anilines is 2. The number of halogens is 6. The Balaban J connectivity index is 0.000000216. The SMILES string of the molecule is CCC(C)(C)C(=O)OC1(C)CCCC1.CCC(C)(C)C(=O)OC12CC3CC(C1)CC(C(=O)OC(CS(=O)(=O)[O-])C(F)(F)F)(C3)C2.CCC(C)(C)C(=O)OCCOC(=O)c1c(I)c(NC(C)=O)c(I)c(NC(C)=O)c1I.CCC(C)c1cccc(O)c1.c1ccc(-[s+]2c3ccccc3c3ccccc32)cc1. The normalized spacial score (nSPS) is 19.2. The van der Waals surface area contributed by atoms with E-state index in [4.69, 9.17) is 24.1 Å². The number of fused-ring (bicyclic) bond motifs is 3. The van der Waals surface area contributed by atoms with Crippen molar-refractivity contribution in [1.82, 2.24) is 0 Å². The molecule has 0 radical (unpaired) electrons. The zero-order valence-electron chi connectivity index (χ0n) is 62.3. The molecule has 4 atom stereocenters. The molecule has 4 unspecified atom stereocenters. The van der Waals surface area contributed by atoms with Crippen molar-refractivity contribution in [2.24, 2.45) is 33.5 Å². The Morgan fingerprint density at radius 3 is 1.57 bits per heavy atom. The van der Waals surface area contributed by atoms with Crippen LogP contribution in [-0.4, -0.2) is 102 Å². The Morgan fingerprint density at radius 1 is 0.648 bits per heavy atom. The molecule has 0 saturated heterocycles. The molecule has 26 heteroatoms. The molecular formula is C79H100F3I3N2O16S2. The summed E-state index contributed by atoms with van der Waals surface area (Å²) in [5, 5.41) is 17.3. The number of ether oxygens (including phenoxy) is 5. The molecule has 5 saturated carbocycles. The maximum absolute atomic E-state index is 13.3. The predicted octanol–water partition coefficient (Wildman–Crippen LogP) is 19.8. The van der Waals surface area contributed by atoms with Gasteiger partial charge in [-0.1, -0.05) is 89.2 Å². The zero-order chi connectivity index (χ0) is 78.4. The number of amides is 2. The number of thiophene rings is 1. The van der Waals surface area contributed by atoms with Crippen LogP contribution in [0.3, 0.4) is 0 Å². The predicted molar refractivity (Wildman–Crippen MR) is 428 cm³/mol. The Kier molecular flexibility index (Phi) is 31.2. The number of carbonyl (C=O) groups excluding carboxylic acids is 7. The number of rotatable bonds is 21. The number of esters is 5. The number of nitrogens with one attached hydrogen (secondary N) is 2. The first-order valence-electron chi connectivity index (χ1n) is 35.5. The highest BCUT2D eigenvalue weighted by molar-refractivity contribution is 14.1. The average molecular weight is 1840 g/mol. The second-order valence-electron chi connectivity index (χ2n) is 29.9. The molecular weight excluding hydrogens is 1730 g/mol. The van der Waals surface area contributed by atoms with Gasteiger partial charge in [0.15, 0.2) is 14.3 Å². The van der Waals surface area contributed by atoms with Crippen LogP contribution in [0.15, 0.2) is 103 Å². The van der Waals surface area contributed by atoms with E-state index in [0.717, 1.165) is 32.1 Å². The van der Waals surface area contributed by atoms with Gasteiger partial charge in [0, 0.05) is 41.5 Å². The lowest BCUT2D eigenvalue weighted by molar-refractivity contribution is -0.239. The monoisotopic (exact) mass is 1830 g/mol. The fourth-order valence-corrected chi connectivity index (χ4v) is 20.4. The second kappa shape index (κ2) is 37.1. The number of alkyl halides is 3. The summed E-state index contributed by atoms with van der Waals surface area (Å²) in [6.07, 6.45) is 1.87. The van der Waals surface area contributed by atoms with Crippen LogP contribution in [0, 0.1) is 44.2 Å². The van der Waals surface area contributed by atoms with E-state index < -0.39 is 67.9 Å². The molecule has 5 fully saturated rings. The molecule has 2 amide bonds. The van der Waals surface area contributed by atoms with Crippen molar-refractivity contribution in [3.63, 3.8) is 0 Å². The van der Waals surface area contributed by atoms with Gasteiger partial charge in [0.25, 0.3) is 0 Å². The van der Waals surface area contributed by atoms with Gasteiger partial charge in [0.2, 0.25) is 17.9 Å². The Bertz CT molecular complexity index is 4080. The van der Waals surface area contributed by atoms with Crippen molar-refractivity contribution >= 4 is 162 Å². The molecule has 4 bridgehead atoms. The van der Waals surface area contributed by atoms with E-state index >= 15 is 0 Å². The third-order valence-corrected chi connectivity index (χ3v) is 26.5. The smallest absolute Gasteiger partial charge is 0.426 e. The van der Waals surface area contributed by atoms with Gasteiger partial charge < -0.3 is 44.0 Å². The zero-order valence-corrected chi connectivity index (χ0v) is 70.4. The number of hydrogen-bond donors (Lipinski definition) is 3. The van der Waals surface area contributed by atoms with Gasteiger partial charge in [-0.2, -0.15) is 13.2 Å². The lowest BCUT2D eigenvalue weighted by atomic mass is 9.48. The molecule has 1 aromatic heterocycles. The molecule has 0 aliphatic heterocycles. The van der Waals surface area contributed by atoms with E-state index in [9.17, 15) is 59.7 Å². The summed E-state index contributed by atoms with van der Waals surface area (Å²) in [6, 6.07) is 35.9. The molecule has 5 aromatic carbocycles. The van der Waals surface area contributed by atoms with E-state index in [1.54, 1.807) is 33.8 Å². The fourth-order valence-electron chi connectivity index (χ4n) is 13.2. The minimum absolute atomic E-state index is 0.00100. The number of phenolic OH excluding ortho intramolecular Hbond substituents is 1. The average Bonchev–Trinajstić information content (AvgIpc) is 1.39. The molecule has 5 aliphatic carbocycles. The van der Waals surface area contributed by atoms with Crippen LogP contribution >= 0.6 is 78.2 Å². The van der Waals surface area contributed by atoms with Gasteiger partial charge >= 0.3 is 36.0 Å². The second-order valence-corrected chi connectivity index (χ2v) is 36.6. The summed E-state index contributed by atoms with van der Waals surface area (Å²) in [5.41, 5.74) is -1.81. The third kappa shape index (κ3) is 23.7. The van der Waals surface area contributed by atoms with Crippen molar-refractivity contribution in [3.05, 3.63) is 125 Å². The Morgan fingerprint density at radius 2 is 1.11 bits per heavy atom. The van der Waals surface area contributed by atoms with Crippen LogP contribution in [-0.2, 0) is 62.6 Å². The lowest BCUT2D eigenvalue weighted by Gasteiger charge is -2.60. The van der Waals surface area contributed by atoms with Crippen LogP contribution in [0.4, 0.5) is 24.5 Å².